The summed E-state index contributed by atoms with van der Waals surface area (Å²) in [6, 6.07) is 10.7. The van der Waals surface area contributed by atoms with Gasteiger partial charge in [-0.05, 0) is 37.9 Å². The van der Waals surface area contributed by atoms with E-state index in [0.717, 1.165) is 28.6 Å². The van der Waals surface area contributed by atoms with Crippen molar-refractivity contribution in [1.29, 1.82) is 0 Å². The first-order valence-corrected chi connectivity index (χ1v) is 11.1. The molecule has 2 N–H and O–H groups in total. The number of imidazole rings is 1. The van der Waals surface area contributed by atoms with Crippen LogP contribution >= 0.6 is 0 Å². The lowest BCUT2D eigenvalue weighted by atomic mass is 10.1. The van der Waals surface area contributed by atoms with Crippen LogP contribution in [-0.4, -0.2) is 54.1 Å². The molecule has 35 heavy (non-hydrogen) atoms. The summed E-state index contributed by atoms with van der Waals surface area (Å²) in [6.07, 6.45) is 8.81. The lowest BCUT2D eigenvalue weighted by Gasteiger charge is -2.10. The average Bonchev–Trinajstić information content (AvgIpc) is 3.47. The van der Waals surface area contributed by atoms with Crippen LogP contribution in [0.4, 0.5) is 4.39 Å². The van der Waals surface area contributed by atoms with Gasteiger partial charge in [-0.2, -0.15) is 5.10 Å². The van der Waals surface area contributed by atoms with Gasteiger partial charge in [0.15, 0.2) is 11.5 Å². The number of pyridine rings is 3. The van der Waals surface area contributed by atoms with Gasteiger partial charge in [-0.3, -0.25) is 15.1 Å². The Bertz CT molecular complexity index is 1680. The molecule has 0 saturated heterocycles. The summed E-state index contributed by atoms with van der Waals surface area (Å²) in [5, 5.41) is 8.28. The first-order chi connectivity index (χ1) is 17.1. The van der Waals surface area contributed by atoms with Crippen molar-refractivity contribution in [2.45, 2.75) is 6.54 Å². The lowest BCUT2D eigenvalue weighted by molar-refractivity contribution is 0.402. The fourth-order valence-corrected chi connectivity index (χ4v) is 4.26. The van der Waals surface area contributed by atoms with E-state index in [4.69, 9.17) is 4.98 Å². The Hall–Kier alpha value is -4.50. The van der Waals surface area contributed by atoms with Crippen molar-refractivity contribution >= 4 is 22.1 Å². The summed E-state index contributed by atoms with van der Waals surface area (Å²) in [6.45, 7) is 0.796. The second-order valence-corrected chi connectivity index (χ2v) is 8.66. The Labute approximate surface area is 199 Å². The number of benzene rings is 1. The molecule has 0 fully saturated rings. The molecule has 0 aliphatic heterocycles. The van der Waals surface area contributed by atoms with E-state index < -0.39 is 0 Å². The molecule has 0 bridgehead atoms. The van der Waals surface area contributed by atoms with E-state index in [-0.39, 0.29) is 5.82 Å². The largest absolute Gasteiger partial charge is 0.335 e. The molecule has 6 rings (SSSR count). The Morgan fingerprint density at radius 1 is 0.914 bits per heavy atom. The number of aromatic nitrogens is 7. The van der Waals surface area contributed by atoms with Crippen molar-refractivity contribution in [2.24, 2.45) is 0 Å². The third-order valence-electron chi connectivity index (χ3n) is 5.83. The van der Waals surface area contributed by atoms with Gasteiger partial charge in [-0.25, -0.2) is 14.4 Å². The number of hydrogen-bond donors (Lipinski definition) is 2. The Kier molecular flexibility index (Phi) is 5.04. The first kappa shape index (κ1) is 21.1. The maximum absolute atomic E-state index is 14.5. The summed E-state index contributed by atoms with van der Waals surface area (Å²) in [5.74, 6) is 0.228. The second-order valence-electron chi connectivity index (χ2n) is 8.66. The number of halogens is 1. The minimum absolute atomic E-state index is 0.324. The number of H-pyrrole nitrogens is 2. The van der Waals surface area contributed by atoms with Crippen molar-refractivity contribution < 1.29 is 4.39 Å². The Morgan fingerprint density at radius 3 is 2.60 bits per heavy atom. The van der Waals surface area contributed by atoms with Crippen LogP contribution in [0.3, 0.4) is 0 Å². The fourth-order valence-electron chi connectivity index (χ4n) is 4.26. The van der Waals surface area contributed by atoms with Crippen molar-refractivity contribution in [2.75, 3.05) is 14.1 Å². The van der Waals surface area contributed by atoms with Crippen molar-refractivity contribution in [3.8, 4) is 33.8 Å². The smallest absolute Gasteiger partial charge is 0.159 e. The molecule has 5 aromatic heterocycles. The standard InChI is InChI=1S/C26H21FN8/c1-35(2)14-15-7-16(10-28-9-15)17-8-19-24(33-34-25(19)30-11-17)26-31-22-13-29-12-20(23(22)32-26)18-5-3-4-6-21(18)27/h3-13H,14H2,1-2H3,(H,31,32)(H,30,33,34). The van der Waals surface area contributed by atoms with Crippen LogP contribution in [-0.2, 0) is 6.54 Å². The number of hydrogen-bond acceptors (Lipinski definition) is 6. The zero-order valence-corrected chi connectivity index (χ0v) is 19.1. The Balaban J connectivity index is 1.46. The summed E-state index contributed by atoms with van der Waals surface area (Å²) in [4.78, 5) is 23.4. The highest BCUT2D eigenvalue weighted by atomic mass is 19.1. The number of aromatic amines is 2. The number of fused-ring (bicyclic) bond motifs is 2. The zero-order valence-electron chi connectivity index (χ0n) is 19.1. The molecular formula is C26H21FN8. The van der Waals surface area contributed by atoms with Gasteiger partial charge < -0.3 is 9.88 Å². The number of nitrogens with zero attached hydrogens (tertiary/aromatic N) is 6. The minimum Gasteiger partial charge on any atom is -0.335 e. The van der Waals surface area contributed by atoms with E-state index in [1.807, 2.05) is 32.6 Å². The molecule has 0 radical (unpaired) electrons. The van der Waals surface area contributed by atoms with Gasteiger partial charge >= 0.3 is 0 Å². The zero-order chi connectivity index (χ0) is 23.9. The molecule has 0 atom stereocenters. The summed E-state index contributed by atoms with van der Waals surface area (Å²) in [5.41, 5.74) is 6.68. The van der Waals surface area contributed by atoms with Gasteiger partial charge in [0.25, 0.3) is 0 Å². The van der Waals surface area contributed by atoms with Crippen molar-refractivity contribution in [3.63, 3.8) is 0 Å². The predicted molar refractivity (Wildman–Crippen MR) is 133 cm³/mol. The highest BCUT2D eigenvalue weighted by molar-refractivity contribution is 5.96. The molecule has 9 heteroatoms. The molecule has 0 amide bonds. The van der Waals surface area contributed by atoms with Crippen molar-refractivity contribution in [3.05, 3.63) is 78.8 Å². The lowest BCUT2D eigenvalue weighted by Crippen LogP contribution is -2.10. The molecule has 0 spiro atoms. The van der Waals surface area contributed by atoms with Crippen LogP contribution in [0.5, 0.6) is 0 Å². The van der Waals surface area contributed by atoms with Crippen LogP contribution in [0.25, 0.3) is 55.8 Å². The second kappa shape index (κ2) is 8.37. The predicted octanol–water partition coefficient (Wildman–Crippen LogP) is 4.83. The van der Waals surface area contributed by atoms with E-state index in [1.54, 1.807) is 36.8 Å². The minimum atomic E-state index is -0.324. The van der Waals surface area contributed by atoms with Gasteiger partial charge in [0.2, 0.25) is 0 Å². The molecule has 0 saturated carbocycles. The van der Waals surface area contributed by atoms with Gasteiger partial charge in [0.05, 0.1) is 17.1 Å². The molecule has 8 nitrogen and oxygen atoms in total. The van der Waals surface area contributed by atoms with E-state index in [0.29, 0.717) is 39.3 Å². The van der Waals surface area contributed by atoms with Crippen LogP contribution in [0, 0.1) is 5.82 Å². The van der Waals surface area contributed by atoms with E-state index in [2.05, 4.69) is 41.1 Å². The third kappa shape index (κ3) is 3.81. The summed E-state index contributed by atoms with van der Waals surface area (Å²) in [7, 11) is 4.05. The number of nitrogens with one attached hydrogen (secondary N) is 2. The van der Waals surface area contributed by atoms with Crippen LogP contribution in [0.15, 0.2) is 67.4 Å². The third-order valence-corrected chi connectivity index (χ3v) is 5.83. The average molecular weight is 465 g/mol. The topological polar surface area (TPSA) is 99.3 Å². The van der Waals surface area contributed by atoms with Gasteiger partial charge in [-0.1, -0.05) is 18.2 Å². The van der Waals surface area contributed by atoms with Crippen LogP contribution in [0.1, 0.15) is 5.56 Å². The van der Waals surface area contributed by atoms with Crippen LogP contribution < -0.4 is 0 Å². The highest BCUT2D eigenvalue weighted by Gasteiger charge is 2.18. The molecule has 172 valence electrons. The highest BCUT2D eigenvalue weighted by Crippen LogP contribution is 2.32. The maximum Gasteiger partial charge on any atom is 0.159 e. The summed E-state index contributed by atoms with van der Waals surface area (Å²) < 4.78 is 14.5. The first-order valence-electron chi connectivity index (χ1n) is 11.1. The van der Waals surface area contributed by atoms with Crippen LogP contribution in [0.2, 0.25) is 0 Å². The SMILES string of the molecule is CN(C)Cc1cncc(-c2cnc3[nH]nc(-c4nc5c(-c6ccccc6F)cncc5[nH]4)c3c2)c1. The van der Waals surface area contributed by atoms with E-state index in [1.165, 1.54) is 6.07 Å². The van der Waals surface area contributed by atoms with Gasteiger partial charge in [-0.15, -0.1) is 0 Å². The molecule has 0 unspecified atom stereocenters. The van der Waals surface area contributed by atoms with Gasteiger partial charge in [0, 0.05) is 53.6 Å². The summed E-state index contributed by atoms with van der Waals surface area (Å²) >= 11 is 0. The van der Waals surface area contributed by atoms with Gasteiger partial charge in [0.1, 0.15) is 17.0 Å². The fraction of sp³-hybridized carbons (Fsp3) is 0.115. The quantitative estimate of drug-likeness (QED) is 0.379. The molecule has 6 aromatic rings. The van der Waals surface area contributed by atoms with Crippen molar-refractivity contribution in [1.82, 2.24) is 40.0 Å². The molecule has 0 aliphatic carbocycles. The maximum atomic E-state index is 14.5. The van der Waals surface area contributed by atoms with E-state index in [9.17, 15) is 4.39 Å². The normalized spacial score (nSPS) is 11.7. The molecule has 0 aliphatic rings. The Morgan fingerprint density at radius 2 is 1.74 bits per heavy atom. The monoisotopic (exact) mass is 464 g/mol. The molecular weight excluding hydrogens is 443 g/mol. The number of rotatable bonds is 5. The molecule has 1 aromatic carbocycles. The molecule has 5 heterocycles. The van der Waals surface area contributed by atoms with E-state index >= 15 is 0 Å².